The van der Waals surface area contributed by atoms with Crippen LogP contribution >= 0.6 is 22.9 Å². The first-order valence-electron chi connectivity index (χ1n) is 9.23. The lowest BCUT2D eigenvalue weighted by Gasteiger charge is -2.20. The van der Waals surface area contributed by atoms with Gasteiger partial charge in [0.2, 0.25) is 9.47 Å². The van der Waals surface area contributed by atoms with E-state index in [1.807, 2.05) is 44.2 Å². The highest BCUT2D eigenvalue weighted by atomic mass is 35.5. The van der Waals surface area contributed by atoms with Gasteiger partial charge in [0.15, 0.2) is 0 Å². The van der Waals surface area contributed by atoms with Gasteiger partial charge in [0.05, 0.1) is 10.6 Å². The molecule has 10 heteroatoms. The van der Waals surface area contributed by atoms with Crippen molar-refractivity contribution in [3.05, 3.63) is 70.7 Å². The number of hydrogen-bond acceptors (Lipinski definition) is 6. The van der Waals surface area contributed by atoms with Gasteiger partial charge in [-0.15, -0.1) is 10.2 Å². The maximum atomic E-state index is 12.9. The van der Waals surface area contributed by atoms with Crippen LogP contribution in [0.25, 0.3) is 0 Å². The Morgan fingerprint density at radius 3 is 2.40 bits per heavy atom. The first-order chi connectivity index (χ1) is 14.3. The zero-order chi connectivity index (χ0) is 21.7. The molecule has 0 unspecified atom stereocenters. The largest absolute Gasteiger partial charge is 0.296 e. The van der Waals surface area contributed by atoms with Crippen molar-refractivity contribution in [3.8, 4) is 0 Å². The van der Waals surface area contributed by atoms with Crippen LogP contribution in [0.4, 0.5) is 5.13 Å². The molecule has 2 aromatic carbocycles. The van der Waals surface area contributed by atoms with Crippen molar-refractivity contribution in [1.29, 1.82) is 0 Å². The Balaban J connectivity index is 1.77. The summed E-state index contributed by atoms with van der Waals surface area (Å²) in [6, 6.07) is 15.5. The number of anilines is 1. The molecule has 0 aliphatic carbocycles. The molecule has 1 amide bonds. The Morgan fingerprint density at radius 2 is 1.73 bits per heavy atom. The van der Waals surface area contributed by atoms with Crippen LogP contribution in [0.1, 0.15) is 42.2 Å². The molecule has 0 bridgehead atoms. The number of carbonyl (C=O) groups excluding carboxylic acids is 1. The maximum absolute atomic E-state index is 12.9. The lowest BCUT2D eigenvalue weighted by atomic mass is 9.98. The van der Waals surface area contributed by atoms with Crippen LogP contribution in [-0.4, -0.2) is 24.5 Å². The van der Waals surface area contributed by atoms with E-state index < -0.39 is 22.0 Å². The zero-order valence-corrected chi connectivity index (χ0v) is 18.8. The Morgan fingerprint density at radius 1 is 1.07 bits per heavy atom. The van der Waals surface area contributed by atoms with Gasteiger partial charge < -0.3 is 0 Å². The summed E-state index contributed by atoms with van der Waals surface area (Å²) in [6.45, 7) is 4.05. The number of carbonyl (C=O) groups is 1. The number of amides is 1. The third-order valence-electron chi connectivity index (χ3n) is 4.18. The van der Waals surface area contributed by atoms with Crippen LogP contribution in [0.5, 0.6) is 0 Å². The Bertz CT molecular complexity index is 1120. The van der Waals surface area contributed by atoms with E-state index >= 15 is 0 Å². The van der Waals surface area contributed by atoms with E-state index in [-0.39, 0.29) is 26.0 Å². The highest BCUT2D eigenvalue weighted by Crippen LogP contribution is 2.26. The molecule has 0 aliphatic heterocycles. The second kappa shape index (κ2) is 9.65. The summed E-state index contributed by atoms with van der Waals surface area (Å²) in [4.78, 5) is 12.4. The average molecular weight is 465 g/mol. The number of hydrogen-bond donors (Lipinski definition) is 2. The first kappa shape index (κ1) is 22.4. The van der Waals surface area contributed by atoms with Gasteiger partial charge in [-0.2, -0.15) is 0 Å². The van der Waals surface area contributed by atoms with Crippen LogP contribution < -0.4 is 10.0 Å². The van der Waals surface area contributed by atoms with Gasteiger partial charge in [0.25, 0.3) is 15.9 Å². The number of halogens is 1. The van der Waals surface area contributed by atoms with Crippen LogP contribution in [0, 0.1) is 5.92 Å². The van der Waals surface area contributed by atoms with Gasteiger partial charge in [-0.25, -0.2) is 13.1 Å². The fraction of sp³-hybridized carbons (Fsp3) is 0.250. The van der Waals surface area contributed by atoms with Gasteiger partial charge in [-0.1, -0.05) is 79.2 Å². The van der Waals surface area contributed by atoms with E-state index in [1.165, 1.54) is 0 Å². The maximum Gasteiger partial charge on any atom is 0.270 e. The minimum absolute atomic E-state index is 0.0698. The molecule has 1 atom stereocenters. The molecule has 2 N–H and O–H groups in total. The van der Waals surface area contributed by atoms with Gasteiger partial charge in [0.1, 0.15) is 0 Å². The number of sulfonamides is 1. The molecule has 0 saturated carbocycles. The summed E-state index contributed by atoms with van der Waals surface area (Å²) < 4.78 is 28.3. The molecule has 0 fully saturated rings. The fourth-order valence-corrected chi connectivity index (χ4v) is 5.20. The van der Waals surface area contributed by atoms with E-state index in [4.69, 9.17) is 11.6 Å². The number of nitrogens with one attached hydrogen (secondary N) is 2. The number of aromatic nitrogens is 2. The lowest BCUT2D eigenvalue weighted by molar-refractivity contribution is 0.102. The third-order valence-corrected chi connectivity index (χ3v) is 7.19. The van der Waals surface area contributed by atoms with Crippen molar-refractivity contribution in [2.24, 2.45) is 5.92 Å². The SMILES string of the molecule is CC(C)C[C@@H](NS(=O)(=O)c1nnc(NC(=O)c2ccccc2Cl)s1)c1ccccc1. The second-order valence-electron chi connectivity index (χ2n) is 7.02. The Kier molecular flexibility index (Phi) is 7.19. The quantitative estimate of drug-likeness (QED) is 0.477. The predicted octanol–water partition coefficient (Wildman–Crippen LogP) is 4.51. The smallest absolute Gasteiger partial charge is 0.270 e. The summed E-state index contributed by atoms with van der Waals surface area (Å²) in [6.07, 6.45) is 0.623. The molecule has 0 spiro atoms. The Hall–Kier alpha value is -2.33. The molecular weight excluding hydrogens is 444 g/mol. The number of nitrogens with zero attached hydrogens (tertiary/aromatic N) is 2. The highest BCUT2D eigenvalue weighted by Gasteiger charge is 2.26. The first-order valence-corrected chi connectivity index (χ1v) is 11.9. The highest BCUT2D eigenvalue weighted by molar-refractivity contribution is 7.91. The molecule has 1 aromatic heterocycles. The van der Waals surface area contributed by atoms with E-state index in [2.05, 4.69) is 20.2 Å². The zero-order valence-electron chi connectivity index (χ0n) is 16.4. The minimum atomic E-state index is -3.92. The molecule has 0 saturated heterocycles. The summed E-state index contributed by atoms with van der Waals surface area (Å²) in [7, 11) is -3.92. The van der Waals surface area contributed by atoms with Crippen molar-refractivity contribution >= 4 is 44.0 Å². The molecule has 7 nitrogen and oxygen atoms in total. The van der Waals surface area contributed by atoms with Crippen LogP contribution in [0.2, 0.25) is 5.02 Å². The van der Waals surface area contributed by atoms with E-state index in [0.29, 0.717) is 6.42 Å². The van der Waals surface area contributed by atoms with Gasteiger partial charge in [-0.05, 0) is 30.0 Å². The molecule has 3 rings (SSSR count). The molecular formula is C20H21ClN4O3S2. The molecule has 30 heavy (non-hydrogen) atoms. The monoisotopic (exact) mass is 464 g/mol. The average Bonchev–Trinajstić information content (AvgIpc) is 3.17. The molecule has 1 heterocycles. The summed E-state index contributed by atoms with van der Waals surface area (Å²) in [5.41, 5.74) is 1.13. The second-order valence-corrected chi connectivity index (χ2v) is 10.3. The van der Waals surface area contributed by atoms with E-state index in [9.17, 15) is 13.2 Å². The molecule has 0 aliphatic rings. The Labute approximate surface area is 184 Å². The molecule has 0 radical (unpaired) electrons. The topological polar surface area (TPSA) is 101 Å². The van der Waals surface area contributed by atoms with Crippen molar-refractivity contribution in [2.75, 3.05) is 5.32 Å². The third kappa shape index (κ3) is 5.63. The van der Waals surface area contributed by atoms with Crippen molar-refractivity contribution in [2.45, 2.75) is 30.6 Å². The van der Waals surface area contributed by atoms with Gasteiger partial charge in [0, 0.05) is 6.04 Å². The summed E-state index contributed by atoms with van der Waals surface area (Å²) in [5.74, 6) is -0.214. The van der Waals surface area contributed by atoms with E-state index in [0.717, 1.165) is 16.9 Å². The van der Waals surface area contributed by atoms with E-state index in [1.54, 1.807) is 24.3 Å². The summed E-state index contributed by atoms with van der Waals surface area (Å²) in [5, 5.41) is 10.4. The molecule has 3 aromatic rings. The van der Waals surface area contributed by atoms with Crippen LogP contribution in [0.3, 0.4) is 0 Å². The van der Waals surface area contributed by atoms with Gasteiger partial charge in [-0.3, -0.25) is 10.1 Å². The standard InChI is InChI=1S/C20H21ClN4O3S2/c1-13(2)12-17(14-8-4-3-5-9-14)25-30(27,28)20-24-23-19(29-20)22-18(26)15-10-6-7-11-16(15)21/h3-11,13,17,25H,12H2,1-2H3,(H,22,23,26)/t17-/m1/s1. The predicted molar refractivity (Wildman–Crippen MR) is 118 cm³/mol. The lowest BCUT2D eigenvalue weighted by Crippen LogP contribution is -2.29. The van der Waals surface area contributed by atoms with Crippen molar-refractivity contribution in [1.82, 2.24) is 14.9 Å². The van der Waals surface area contributed by atoms with Gasteiger partial charge >= 0.3 is 0 Å². The van der Waals surface area contributed by atoms with Crippen molar-refractivity contribution < 1.29 is 13.2 Å². The minimum Gasteiger partial charge on any atom is -0.296 e. The van der Waals surface area contributed by atoms with Crippen LogP contribution in [-0.2, 0) is 10.0 Å². The van der Waals surface area contributed by atoms with Crippen molar-refractivity contribution in [3.63, 3.8) is 0 Å². The fourth-order valence-electron chi connectivity index (χ4n) is 2.83. The number of benzene rings is 2. The number of rotatable bonds is 8. The normalized spacial score (nSPS) is 12.7. The van der Waals surface area contributed by atoms with Crippen LogP contribution in [0.15, 0.2) is 58.9 Å². The molecule has 158 valence electrons. The summed E-state index contributed by atoms with van der Waals surface area (Å²) >= 11 is 6.80.